The molecule has 0 saturated carbocycles. The predicted molar refractivity (Wildman–Crippen MR) is 81.4 cm³/mol. The van der Waals surface area contributed by atoms with Gasteiger partial charge >= 0.3 is 0 Å². The number of carbonyl (C=O) groups excluding carboxylic acids is 1. The van der Waals surface area contributed by atoms with Crippen LogP contribution in [-0.4, -0.2) is 47.4 Å². The Hall–Kier alpha value is -2.34. The first kappa shape index (κ1) is 15.1. The van der Waals surface area contributed by atoms with Crippen molar-refractivity contribution in [2.24, 2.45) is 0 Å². The van der Waals surface area contributed by atoms with Crippen LogP contribution < -0.4 is 5.73 Å². The Morgan fingerprint density at radius 3 is 2.86 bits per heavy atom. The van der Waals surface area contributed by atoms with Crippen LogP contribution in [0, 0.1) is 0 Å². The highest BCUT2D eigenvalue weighted by Crippen LogP contribution is 2.16. The van der Waals surface area contributed by atoms with Crippen molar-refractivity contribution in [1.82, 2.24) is 14.7 Å². The first-order valence-corrected chi connectivity index (χ1v) is 6.87. The summed E-state index contributed by atoms with van der Waals surface area (Å²) in [6.07, 6.45) is 1.73. The van der Waals surface area contributed by atoms with Crippen molar-refractivity contribution in [1.29, 1.82) is 0 Å². The Labute approximate surface area is 124 Å². The van der Waals surface area contributed by atoms with Crippen LogP contribution in [0.15, 0.2) is 36.5 Å². The Morgan fingerprint density at radius 2 is 2.14 bits per heavy atom. The van der Waals surface area contributed by atoms with Crippen molar-refractivity contribution in [3.8, 4) is 5.69 Å². The second kappa shape index (κ2) is 6.90. The Morgan fingerprint density at radius 1 is 1.38 bits per heavy atom. The van der Waals surface area contributed by atoms with E-state index in [2.05, 4.69) is 5.10 Å². The van der Waals surface area contributed by atoms with Crippen molar-refractivity contribution in [3.63, 3.8) is 0 Å². The molecular weight excluding hydrogens is 268 g/mol. The molecule has 0 aliphatic carbocycles. The highest BCUT2D eigenvalue weighted by molar-refractivity contribution is 5.92. The predicted octanol–water partition coefficient (Wildman–Crippen LogP) is 1.56. The summed E-state index contributed by atoms with van der Waals surface area (Å²) in [5.41, 5.74) is 7.67. The van der Waals surface area contributed by atoms with Gasteiger partial charge in [0.1, 0.15) is 0 Å². The molecular formula is C15H20N4O2. The van der Waals surface area contributed by atoms with Crippen LogP contribution in [0.1, 0.15) is 17.4 Å². The number of anilines is 1. The van der Waals surface area contributed by atoms with Gasteiger partial charge in [0, 0.05) is 26.4 Å². The molecule has 0 aliphatic heterocycles. The van der Waals surface area contributed by atoms with Gasteiger partial charge in [0.2, 0.25) is 0 Å². The maximum absolute atomic E-state index is 12.2. The molecule has 0 atom stereocenters. The van der Waals surface area contributed by atoms with E-state index in [0.717, 1.165) is 5.69 Å². The maximum atomic E-state index is 12.2. The number of nitrogen functional groups attached to an aromatic ring is 1. The largest absolute Gasteiger partial charge is 0.397 e. The van der Waals surface area contributed by atoms with Crippen molar-refractivity contribution in [3.05, 3.63) is 42.2 Å². The van der Waals surface area contributed by atoms with Crippen LogP contribution >= 0.6 is 0 Å². The van der Waals surface area contributed by atoms with E-state index in [1.807, 2.05) is 25.1 Å². The van der Waals surface area contributed by atoms with E-state index in [1.54, 1.807) is 35.0 Å². The van der Waals surface area contributed by atoms with Gasteiger partial charge in [0.25, 0.3) is 5.91 Å². The molecule has 0 spiro atoms. The van der Waals surface area contributed by atoms with Crippen LogP contribution in [0.3, 0.4) is 0 Å². The van der Waals surface area contributed by atoms with Crippen LogP contribution in [0.25, 0.3) is 5.69 Å². The summed E-state index contributed by atoms with van der Waals surface area (Å²) in [5.74, 6) is -0.136. The highest BCUT2D eigenvalue weighted by Gasteiger charge is 2.15. The van der Waals surface area contributed by atoms with Gasteiger partial charge in [-0.1, -0.05) is 12.1 Å². The fraction of sp³-hybridized carbons (Fsp3) is 0.333. The second-order valence-electron chi connectivity index (χ2n) is 4.63. The number of rotatable bonds is 6. The zero-order valence-electron chi connectivity index (χ0n) is 12.3. The average molecular weight is 288 g/mol. The first-order chi connectivity index (χ1) is 10.1. The normalized spacial score (nSPS) is 10.6. The van der Waals surface area contributed by atoms with E-state index in [4.69, 9.17) is 10.5 Å². The van der Waals surface area contributed by atoms with E-state index >= 15 is 0 Å². The summed E-state index contributed by atoms with van der Waals surface area (Å²) in [6.45, 7) is 3.62. The van der Waals surface area contributed by atoms with Gasteiger partial charge in [-0.15, -0.1) is 0 Å². The second-order valence-corrected chi connectivity index (χ2v) is 4.63. The van der Waals surface area contributed by atoms with E-state index < -0.39 is 0 Å². The van der Waals surface area contributed by atoms with E-state index in [9.17, 15) is 4.79 Å². The van der Waals surface area contributed by atoms with Gasteiger partial charge in [0.15, 0.2) is 5.69 Å². The number of ether oxygens (including phenoxy) is 1. The van der Waals surface area contributed by atoms with Gasteiger partial charge < -0.3 is 15.4 Å². The van der Waals surface area contributed by atoms with Gasteiger partial charge in [-0.05, 0) is 25.1 Å². The monoisotopic (exact) mass is 288 g/mol. The highest BCUT2D eigenvalue weighted by atomic mass is 16.5. The lowest BCUT2D eigenvalue weighted by atomic mass is 10.3. The molecule has 0 radical (unpaired) electrons. The molecule has 2 rings (SSSR count). The quantitative estimate of drug-likeness (QED) is 0.646. The van der Waals surface area contributed by atoms with E-state index in [1.165, 1.54) is 0 Å². The molecule has 1 heterocycles. The summed E-state index contributed by atoms with van der Waals surface area (Å²) < 4.78 is 6.85. The molecule has 6 heteroatoms. The Kier molecular flexibility index (Phi) is 4.94. The molecule has 1 aromatic heterocycles. The number of carbonyl (C=O) groups is 1. The molecule has 1 aromatic carbocycles. The van der Waals surface area contributed by atoms with Gasteiger partial charge in [-0.3, -0.25) is 4.79 Å². The summed E-state index contributed by atoms with van der Waals surface area (Å²) >= 11 is 0. The molecule has 0 saturated heterocycles. The third-order valence-corrected chi connectivity index (χ3v) is 3.11. The summed E-state index contributed by atoms with van der Waals surface area (Å²) in [6, 6.07) is 9.08. The van der Waals surface area contributed by atoms with Gasteiger partial charge in [-0.2, -0.15) is 5.10 Å². The smallest absolute Gasteiger partial charge is 0.274 e. The van der Waals surface area contributed by atoms with Crippen molar-refractivity contribution >= 4 is 11.6 Å². The standard InChI is InChI=1S/C15H20N4O2/c1-3-21-11-10-18(2)15(20)13-8-9-19(17-13)14-7-5-4-6-12(14)16/h4-9H,3,10-11,16H2,1-2H3. The molecule has 6 nitrogen and oxygen atoms in total. The molecule has 1 amide bonds. The molecule has 0 fully saturated rings. The number of likely N-dealkylation sites (N-methyl/N-ethyl adjacent to an activating group) is 1. The number of hydrogen-bond donors (Lipinski definition) is 1. The molecule has 0 bridgehead atoms. The molecule has 112 valence electrons. The lowest BCUT2D eigenvalue weighted by Crippen LogP contribution is -2.30. The first-order valence-electron chi connectivity index (χ1n) is 6.87. The Bertz CT molecular complexity index is 609. The maximum Gasteiger partial charge on any atom is 0.274 e. The molecule has 2 aromatic rings. The van der Waals surface area contributed by atoms with Crippen LogP contribution in [0.2, 0.25) is 0 Å². The SMILES string of the molecule is CCOCCN(C)C(=O)c1ccn(-c2ccccc2N)n1. The molecule has 0 aliphatic rings. The van der Waals surface area contributed by atoms with Crippen LogP contribution in [0.5, 0.6) is 0 Å². The number of hydrogen-bond acceptors (Lipinski definition) is 4. The van der Waals surface area contributed by atoms with Crippen LogP contribution in [0.4, 0.5) is 5.69 Å². The third-order valence-electron chi connectivity index (χ3n) is 3.11. The Balaban J connectivity index is 2.09. The lowest BCUT2D eigenvalue weighted by Gasteiger charge is -2.15. The summed E-state index contributed by atoms with van der Waals surface area (Å²) in [4.78, 5) is 13.8. The van der Waals surface area contributed by atoms with Crippen LogP contribution in [-0.2, 0) is 4.74 Å². The minimum absolute atomic E-state index is 0.136. The van der Waals surface area contributed by atoms with Crippen molar-refractivity contribution in [2.45, 2.75) is 6.92 Å². The molecule has 2 N–H and O–H groups in total. The van der Waals surface area contributed by atoms with Crippen molar-refractivity contribution in [2.75, 3.05) is 32.5 Å². The number of nitrogens with two attached hydrogens (primary N) is 1. The number of para-hydroxylation sites is 2. The topological polar surface area (TPSA) is 73.4 Å². The van der Waals surface area contributed by atoms with Gasteiger partial charge in [0.05, 0.1) is 18.0 Å². The summed E-state index contributed by atoms with van der Waals surface area (Å²) in [7, 11) is 1.73. The lowest BCUT2D eigenvalue weighted by molar-refractivity contribution is 0.0704. The fourth-order valence-corrected chi connectivity index (χ4v) is 1.91. The van der Waals surface area contributed by atoms with Gasteiger partial charge in [-0.25, -0.2) is 4.68 Å². The zero-order chi connectivity index (χ0) is 15.2. The number of nitrogens with zero attached hydrogens (tertiary/aromatic N) is 3. The minimum Gasteiger partial charge on any atom is -0.397 e. The van der Waals surface area contributed by atoms with E-state index in [0.29, 0.717) is 31.1 Å². The number of amides is 1. The average Bonchev–Trinajstić information content (AvgIpc) is 2.96. The number of aromatic nitrogens is 2. The minimum atomic E-state index is -0.136. The third kappa shape index (κ3) is 3.61. The molecule has 21 heavy (non-hydrogen) atoms. The number of benzene rings is 1. The van der Waals surface area contributed by atoms with E-state index in [-0.39, 0.29) is 5.91 Å². The fourth-order valence-electron chi connectivity index (χ4n) is 1.91. The van der Waals surface area contributed by atoms with Crippen molar-refractivity contribution < 1.29 is 9.53 Å². The summed E-state index contributed by atoms with van der Waals surface area (Å²) in [5, 5.41) is 4.30. The zero-order valence-corrected chi connectivity index (χ0v) is 12.3. The molecule has 0 unspecified atom stereocenters.